The molecule has 0 radical (unpaired) electrons. The van der Waals surface area contributed by atoms with Crippen LogP contribution in [0.2, 0.25) is 5.02 Å². The third-order valence-corrected chi connectivity index (χ3v) is 6.04. The smallest absolute Gasteiger partial charge is 0.350 e. The average molecular weight is 463 g/mol. The Balaban J connectivity index is 1.75. The van der Waals surface area contributed by atoms with E-state index >= 15 is 0 Å². The zero-order valence-corrected chi connectivity index (χ0v) is 17.5. The lowest BCUT2D eigenvalue weighted by molar-refractivity contribution is -0.137. The Hall–Kier alpha value is -3.10. The lowest BCUT2D eigenvalue weighted by Gasteiger charge is -2.16. The zero-order valence-electron chi connectivity index (χ0n) is 16.0. The van der Waals surface area contributed by atoms with Crippen LogP contribution < -0.4 is 10.2 Å². The van der Waals surface area contributed by atoms with Crippen LogP contribution in [0, 0.1) is 6.92 Å². The number of nitrogens with one attached hydrogen (secondary N) is 1. The maximum absolute atomic E-state index is 13.2. The molecule has 1 N–H and O–H groups in total. The number of nitrogens with zero attached hydrogens (tertiary/aromatic N) is 1. The third kappa shape index (κ3) is 3.96. The number of hydrogen-bond donors (Lipinski definition) is 1. The number of imide groups is 1. The highest BCUT2D eigenvalue weighted by molar-refractivity contribution is 7.11. The number of amides is 2. The van der Waals surface area contributed by atoms with E-state index in [9.17, 15) is 22.8 Å². The molecule has 4 nitrogen and oxygen atoms in total. The summed E-state index contributed by atoms with van der Waals surface area (Å²) in [6.07, 6.45) is -4.52. The van der Waals surface area contributed by atoms with E-state index in [-0.39, 0.29) is 17.0 Å². The van der Waals surface area contributed by atoms with Gasteiger partial charge < -0.3 is 5.32 Å². The van der Waals surface area contributed by atoms with Crippen LogP contribution in [0.5, 0.6) is 0 Å². The van der Waals surface area contributed by atoms with Gasteiger partial charge in [0.2, 0.25) is 0 Å². The summed E-state index contributed by atoms with van der Waals surface area (Å²) in [5.41, 5.74) is 0.726. The van der Waals surface area contributed by atoms with Crippen molar-refractivity contribution in [3.63, 3.8) is 0 Å². The highest BCUT2D eigenvalue weighted by Gasteiger charge is 2.41. The first-order valence-electron chi connectivity index (χ1n) is 9.04. The van der Waals surface area contributed by atoms with Gasteiger partial charge in [0, 0.05) is 15.6 Å². The van der Waals surface area contributed by atoms with Crippen LogP contribution in [-0.2, 0) is 15.8 Å². The van der Waals surface area contributed by atoms with E-state index in [2.05, 4.69) is 5.32 Å². The monoisotopic (exact) mass is 462 g/mol. The fourth-order valence-electron chi connectivity index (χ4n) is 3.14. The maximum Gasteiger partial charge on any atom is 0.416 e. The summed E-state index contributed by atoms with van der Waals surface area (Å²) >= 11 is 7.44. The van der Waals surface area contributed by atoms with Gasteiger partial charge in [-0.05, 0) is 60.3 Å². The van der Waals surface area contributed by atoms with Crippen LogP contribution in [0.3, 0.4) is 0 Å². The van der Waals surface area contributed by atoms with E-state index in [4.69, 9.17) is 11.6 Å². The van der Waals surface area contributed by atoms with Crippen molar-refractivity contribution in [3.05, 3.63) is 86.7 Å². The van der Waals surface area contributed by atoms with Gasteiger partial charge in [-0.2, -0.15) is 13.2 Å². The molecule has 2 amide bonds. The molecule has 1 aliphatic rings. The normalized spacial score (nSPS) is 14.5. The number of anilines is 2. The van der Waals surface area contributed by atoms with E-state index in [1.54, 1.807) is 35.7 Å². The largest absolute Gasteiger partial charge is 0.416 e. The van der Waals surface area contributed by atoms with Gasteiger partial charge in [0.25, 0.3) is 11.8 Å². The lowest BCUT2D eigenvalue weighted by atomic mass is 10.1. The number of thiophene rings is 1. The minimum Gasteiger partial charge on any atom is -0.350 e. The van der Waals surface area contributed by atoms with E-state index in [0.717, 1.165) is 34.7 Å². The first-order valence-corrected chi connectivity index (χ1v) is 10.3. The lowest BCUT2D eigenvalue weighted by Crippen LogP contribution is -2.32. The molecule has 0 atom stereocenters. The van der Waals surface area contributed by atoms with Crippen LogP contribution in [0.15, 0.2) is 65.7 Å². The molecule has 2 heterocycles. The Morgan fingerprint density at radius 3 is 2.29 bits per heavy atom. The molecule has 9 heteroatoms. The minimum absolute atomic E-state index is 0.0345. The third-order valence-electron chi connectivity index (χ3n) is 4.75. The second-order valence-electron chi connectivity index (χ2n) is 6.81. The number of benzene rings is 2. The first-order chi connectivity index (χ1) is 14.7. The van der Waals surface area contributed by atoms with Crippen LogP contribution in [0.1, 0.15) is 16.0 Å². The van der Waals surface area contributed by atoms with Crippen molar-refractivity contribution in [2.45, 2.75) is 13.1 Å². The quantitative estimate of drug-likeness (QED) is 0.475. The number of rotatable bonds is 4. The van der Waals surface area contributed by atoms with Crippen LogP contribution in [-0.4, -0.2) is 11.8 Å². The topological polar surface area (TPSA) is 49.4 Å². The SMILES string of the molecule is Cc1ccc(NC2=C(c3cccs3)C(=O)N(c3ccc(C(F)(F)F)cc3)C2=O)cc1Cl. The van der Waals surface area contributed by atoms with Gasteiger partial charge in [-0.1, -0.05) is 23.7 Å². The molecule has 0 bridgehead atoms. The summed E-state index contributed by atoms with van der Waals surface area (Å²) in [6.45, 7) is 1.83. The Labute approximate surface area is 184 Å². The standard InChI is InChI=1S/C22H14ClF3N2O2S/c1-12-4-7-14(11-16(12)23)27-19-18(17-3-2-10-31-17)20(29)28(21(19)30)15-8-5-13(6-9-15)22(24,25)26/h2-11,27H,1H3. The Bertz CT molecular complexity index is 1200. The molecule has 0 unspecified atom stereocenters. The summed E-state index contributed by atoms with van der Waals surface area (Å²) in [7, 11) is 0. The summed E-state index contributed by atoms with van der Waals surface area (Å²) in [4.78, 5) is 27.8. The Morgan fingerprint density at radius 2 is 1.71 bits per heavy atom. The molecule has 0 fully saturated rings. The van der Waals surface area contributed by atoms with E-state index in [0.29, 0.717) is 15.6 Å². The van der Waals surface area contributed by atoms with Gasteiger partial charge in [0.15, 0.2) is 0 Å². The molecule has 3 aromatic rings. The van der Waals surface area contributed by atoms with E-state index in [1.807, 2.05) is 6.92 Å². The van der Waals surface area contributed by atoms with Gasteiger partial charge in [-0.3, -0.25) is 9.59 Å². The molecule has 31 heavy (non-hydrogen) atoms. The molecule has 0 spiro atoms. The van der Waals surface area contributed by atoms with Crippen LogP contribution >= 0.6 is 22.9 Å². The Morgan fingerprint density at radius 1 is 1.00 bits per heavy atom. The second kappa shape index (κ2) is 7.86. The minimum atomic E-state index is -4.52. The first kappa shape index (κ1) is 21.1. The number of alkyl halides is 3. The summed E-state index contributed by atoms with van der Waals surface area (Å²) in [5.74, 6) is -1.28. The maximum atomic E-state index is 13.2. The fourth-order valence-corrected chi connectivity index (χ4v) is 4.09. The molecule has 2 aromatic carbocycles. The molecule has 1 aliphatic heterocycles. The van der Waals surface area contributed by atoms with Crippen molar-refractivity contribution in [1.29, 1.82) is 0 Å². The molecule has 0 aliphatic carbocycles. The number of halogens is 4. The number of carbonyl (C=O) groups excluding carboxylic acids is 2. The van der Waals surface area contributed by atoms with E-state index < -0.39 is 23.6 Å². The number of hydrogen-bond acceptors (Lipinski definition) is 4. The fraction of sp³-hybridized carbons (Fsp3) is 0.0909. The number of aryl methyl sites for hydroxylation is 1. The summed E-state index contributed by atoms with van der Waals surface area (Å²) < 4.78 is 38.7. The number of carbonyl (C=O) groups is 2. The van der Waals surface area contributed by atoms with Gasteiger partial charge in [0.1, 0.15) is 5.70 Å². The predicted octanol–water partition coefficient (Wildman–Crippen LogP) is 6.13. The Kier molecular flexibility index (Phi) is 5.36. The predicted molar refractivity (Wildman–Crippen MR) is 115 cm³/mol. The highest BCUT2D eigenvalue weighted by Crippen LogP contribution is 2.37. The van der Waals surface area contributed by atoms with Crippen molar-refractivity contribution in [2.24, 2.45) is 0 Å². The van der Waals surface area contributed by atoms with E-state index in [1.165, 1.54) is 11.3 Å². The molecular formula is C22H14ClF3N2O2S. The van der Waals surface area contributed by atoms with Gasteiger partial charge >= 0.3 is 6.18 Å². The molecular weight excluding hydrogens is 449 g/mol. The van der Waals surface area contributed by atoms with Gasteiger partial charge in [-0.25, -0.2) is 4.90 Å². The molecule has 158 valence electrons. The molecule has 0 saturated carbocycles. The van der Waals surface area contributed by atoms with Crippen molar-refractivity contribution in [1.82, 2.24) is 0 Å². The second-order valence-corrected chi connectivity index (χ2v) is 8.16. The highest BCUT2D eigenvalue weighted by atomic mass is 35.5. The summed E-state index contributed by atoms with van der Waals surface area (Å²) in [6, 6.07) is 12.5. The van der Waals surface area contributed by atoms with Crippen molar-refractivity contribution >= 4 is 51.7 Å². The zero-order chi connectivity index (χ0) is 22.3. The van der Waals surface area contributed by atoms with Crippen LogP contribution in [0.4, 0.5) is 24.5 Å². The summed E-state index contributed by atoms with van der Waals surface area (Å²) in [5, 5.41) is 5.22. The molecule has 1 aromatic heterocycles. The molecule has 0 saturated heterocycles. The van der Waals surface area contributed by atoms with Gasteiger partial charge in [-0.15, -0.1) is 11.3 Å². The van der Waals surface area contributed by atoms with Gasteiger partial charge in [0.05, 0.1) is 16.8 Å². The average Bonchev–Trinajstić information content (AvgIpc) is 3.31. The van der Waals surface area contributed by atoms with Crippen molar-refractivity contribution in [3.8, 4) is 0 Å². The van der Waals surface area contributed by atoms with Crippen molar-refractivity contribution in [2.75, 3.05) is 10.2 Å². The van der Waals surface area contributed by atoms with Crippen molar-refractivity contribution < 1.29 is 22.8 Å². The molecule has 4 rings (SSSR count). The van der Waals surface area contributed by atoms with Crippen LogP contribution in [0.25, 0.3) is 5.57 Å².